The van der Waals surface area contributed by atoms with Crippen LogP contribution in [0.1, 0.15) is 24.0 Å². The number of rotatable bonds is 5. The van der Waals surface area contributed by atoms with E-state index < -0.39 is 0 Å². The molecule has 3 aliphatic heterocycles. The second kappa shape index (κ2) is 8.25. The summed E-state index contributed by atoms with van der Waals surface area (Å²) in [5.74, 6) is 0. The second-order valence-electron chi connectivity index (χ2n) is 8.06. The van der Waals surface area contributed by atoms with Gasteiger partial charge in [0.15, 0.2) is 0 Å². The smallest absolute Gasteiger partial charge is 0.414 e. The van der Waals surface area contributed by atoms with E-state index in [4.69, 9.17) is 9.47 Å². The van der Waals surface area contributed by atoms with E-state index in [1.165, 1.54) is 22.4 Å². The summed E-state index contributed by atoms with van der Waals surface area (Å²) in [6, 6.07) is 6.19. The number of carbonyl (C=O) groups excluding carboxylic acids is 2. The van der Waals surface area contributed by atoms with Gasteiger partial charge >= 0.3 is 6.09 Å². The molecule has 3 heterocycles. The number of anilines is 1. The van der Waals surface area contributed by atoms with Gasteiger partial charge in [-0.3, -0.25) is 14.6 Å². The average Bonchev–Trinajstić information content (AvgIpc) is 3.31. The maximum absolute atomic E-state index is 12.3. The predicted octanol–water partition coefficient (Wildman–Crippen LogP) is 0.571. The molecule has 9 nitrogen and oxygen atoms in total. The highest BCUT2D eigenvalue weighted by molar-refractivity contribution is 5.90. The summed E-state index contributed by atoms with van der Waals surface area (Å²) in [5, 5.41) is 2.58. The van der Waals surface area contributed by atoms with Gasteiger partial charge in [0.1, 0.15) is 12.3 Å². The van der Waals surface area contributed by atoms with Gasteiger partial charge in [-0.05, 0) is 42.5 Å². The first kappa shape index (κ1) is 19.3. The Morgan fingerprint density at radius 1 is 1.23 bits per heavy atom. The lowest BCUT2D eigenvalue weighted by molar-refractivity contribution is -0.109. The zero-order chi connectivity index (χ0) is 20.5. The average molecular weight is 413 g/mol. The van der Waals surface area contributed by atoms with Crippen LogP contribution in [0.15, 0.2) is 23.8 Å². The van der Waals surface area contributed by atoms with Gasteiger partial charge in [0.2, 0.25) is 6.41 Å². The van der Waals surface area contributed by atoms with Gasteiger partial charge in [-0.1, -0.05) is 6.07 Å². The number of carbonyl (C=O) groups is 2. The molecule has 160 valence electrons. The fourth-order valence-electron chi connectivity index (χ4n) is 4.78. The first-order valence-corrected chi connectivity index (χ1v) is 10.6. The van der Waals surface area contributed by atoms with Crippen molar-refractivity contribution in [2.75, 3.05) is 44.3 Å². The molecule has 5 rings (SSSR count). The zero-order valence-corrected chi connectivity index (χ0v) is 16.9. The van der Waals surface area contributed by atoms with Crippen molar-refractivity contribution in [3.05, 3.63) is 34.9 Å². The number of hydrogen-bond donors (Lipinski definition) is 3. The lowest BCUT2D eigenvalue weighted by atomic mass is 10.0. The summed E-state index contributed by atoms with van der Waals surface area (Å²) >= 11 is 0. The monoisotopic (exact) mass is 413 g/mol. The van der Waals surface area contributed by atoms with Gasteiger partial charge in [0.25, 0.3) is 0 Å². The van der Waals surface area contributed by atoms with E-state index in [-0.39, 0.29) is 18.4 Å². The van der Waals surface area contributed by atoms with Gasteiger partial charge < -0.3 is 20.2 Å². The summed E-state index contributed by atoms with van der Waals surface area (Å²) in [4.78, 5) is 26.9. The Morgan fingerprint density at radius 2 is 2.10 bits per heavy atom. The van der Waals surface area contributed by atoms with Crippen molar-refractivity contribution in [1.29, 1.82) is 0 Å². The van der Waals surface area contributed by atoms with Crippen molar-refractivity contribution in [3.63, 3.8) is 0 Å². The fraction of sp³-hybridized carbons (Fsp3) is 0.524. The normalized spacial score (nSPS) is 26.5. The number of hydrazine groups is 1. The Balaban J connectivity index is 1.38. The first-order valence-electron chi connectivity index (χ1n) is 10.6. The van der Waals surface area contributed by atoms with Crippen molar-refractivity contribution < 1.29 is 19.1 Å². The minimum atomic E-state index is -0.366. The third-order valence-corrected chi connectivity index (χ3v) is 6.26. The lowest BCUT2D eigenvalue weighted by Crippen LogP contribution is -2.51. The number of fused-ring (bicyclic) bond motifs is 2. The van der Waals surface area contributed by atoms with Crippen molar-refractivity contribution in [3.8, 4) is 0 Å². The molecular weight excluding hydrogens is 386 g/mol. The fourth-order valence-corrected chi connectivity index (χ4v) is 4.78. The molecule has 1 aromatic rings. The number of nitrogens with zero attached hydrogens (tertiary/aromatic N) is 2. The third-order valence-electron chi connectivity index (χ3n) is 6.26. The van der Waals surface area contributed by atoms with Crippen molar-refractivity contribution in [1.82, 2.24) is 21.1 Å². The molecule has 30 heavy (non-hydrogen) atoms. The van der Waals surface area contributed by atoms with Gasteiger partial charge in [-0.25, -0.2) is 10.2 Å². The molecule has 0 spiro atoms. The summed E-state index contributed by atoms with van der Waals surface area (Å²) < 4.78 is 10.9. The third kappa shape index (κ3) is 3.53. The van der Waals surface area contributed by atoms with E-state index in [1.807, 2.05) is 6.07 Å². The number of aryl methyl sites for hydroxylation is 1. The quantitative estimate of drug-likeness (QED) is 0.608. The highest BCUT2D eigenvalue weighted by atomic mass is 16.6. The van der Waals surface area contributed by atoms with Gasteiger partial charge in [-0.2, -0.15) is 0 Å². The molecule has 0 saturated carbocycles. The van der Waals surface area contributed by atoms with Crippen molar-refractivity contribution in [2.45, 2.75) is 31.5 Å². The Bertz CT molecular complexity index is 867. The van der Waals surface area contributed by atoms with Gasteiger partial charge in [0, 0.05) is 24.3 Å². The standard InChI is InChI=1S/C21H27N5O4/c27-13-22-11-16-12-26(21(28)30-16)15-4-5-17-14(10-15)2-1-3-18-19(17)23-24-20(18)25-6-8-29-9-7-25/h4-5,10,13,16,20,23-24H,1-3,6-9,11-12H2,(H,22,27). The second-order valence-corrected chi connectivity index (χ2v) is 8.06. The van der Waals surface area contributed by atoms with Gasteiger partial charge in [-0.15, -0.1) is 0 Å². The number of cyclic esters (lactones) is 1. The number of morpholine rings is 1. The maximum atomic E-state index is 12.3. The van der Waals surface area contributed by atoms with Crippen LogP contribution in [-0.4, -0.2) is 69.1 Å². The van der Waals surface area contributed by atoms with Crippen molar-refractivity contribution >= 4 is 23.9 Å². The predicted molar refractivity (Wildman–Crippen MR) is 110 cm³/mol. The number of ether oxygens (including phenoxy) is 2. The highest BCUT2D eigenvalue weighted by Gasteiger charge is 2.35. The van der Waals surface area contributed by atoms with E-state index >= 15 is 0 Å². The van der Waals surface area contributed by atoms with Crippen LogP contribution in [0.5, 0.6) is 0 Å². The molecule has 0 radical (unpaired) electrons. The topological polar surface area (TPSA) is 95.2 Å². The van der Waals surface area contributed by atoms with Crippen LogP contribution >= 0.6 is 0 Å². The van der Waals surface area contributed by atoms with Crippen LogP contribution in [0, 0.1) is 0 Å². The van der Waals surface area contributed by atoms with Crippen molar-refractivity contribution in [2.24, 2.45) is 0 Å². The molecule has 2 atom stereocenters. The molecule has 0 bridgehead atoms. The number of nitrogens with one attached hydrogen (secondary N) is 3. The molecule has 2 fully saturated rings. The molecule has 0 aromatic heterocycles. The minimum absolute atomic E-state index is 0.203. The van der Waals surface area contributed by atoms with E-state index in [9.17, 15) is 9.59 Å². The summed E-state index contributed by atoms with van der Waals surface area (Å²) in [5.41, 5.74) is 12.7. The molecule has 2 amide bonds. The maximum Gasteiger partial charge on any atom is 0.414 e. The van der Waals surface area contributed by atoms with Crippen LogP contribution in [0.4, 0.5) is 10.5 Å². The number of hydrogen-bond acceptors (Lipinski definition) is 7. The van der Waals surface area contributed by atoms with Crippen LogP contribution in [-0.2, 0) is 20.7 Å². The molecule has 3 N–H and O–H groups in total. The van der Waals surface area contributed by atoms with Crippen LogP contribution in [0.3, 0.4) is 0 Å². The van der Waals surface area contributed by atoms with Crippen LogP contribution in [0.25, 0.3) is 5.70 Å². The molecule has 4 aliphatic rings. The molecular formula is C21H27N5O4. The van der Waals surface area contributed by atoms with E-state index in [0.717, 1.165) is 51.3 Å². The zero-order valence-electron chi connectivity index (χ0n) is 16.9. The number of benzene rings is 1. The minimum Gasteiger partial charge on any atom is -0.442 e. The molecule has 1 aromatic carbocycles. The molecule has 9 heteroatoms. The Hall–Kier alpha value is -2.62. The Kier molecular flexibility index (Phi) is 5.32. The molecule has 2 unspecified atom stereocenters. The Morgan fingerprint density at radius 3 is 2.93 bits per heavy atom. The SMILES string of the molecule is O=CNCC1CN(c2ccc3c(c2)CCCC2=C3NNC2N2CCOCC2)C(=O)O1. The van der Waals surface area contributed by atoms with Crippen LogP contribution in [0.2, 0.25) is 0 Å². The van der Waals surface area contributed by atoms with Gasteiger partial charge in [0.05, 0.1) is 32.0 Å². The molecule has 2 saturated heterocycles. The lowest BCUT2D eigenvalue weighted by Gasteiger charge is -2.33. The summed E-state index contributed by atoms with van der Waals surface area (Å²) in [7, 11) is 0. The highest BCUT2D eigenvalue weighted by Crippen LogP contribution is 2.36. The molecule has 1 aliphatic carbocycles. The first-order chi connectivity index (χ1) is 14.7. The van der Waals surface area contributed by atoms with E-state index in [1.54, 1.807) is 4.90 Å². The summed E-state index contributed by atoms with van der Waals surface area (Å²) in [6.45, 7) is 4.17. The Labute approximate surface area is 175 Å². The van der Waals surface area contributed by atoms with E-state index in [0.29, 0.717) is 19.5 Å². The summed E-state index contributed by atoms with van der Waals surface area (Å²) in [6.07, 6.45) is 3.20. The number of amides is 2. The van der Waals surface area contributed by atoms with Crippen LogP contribution < -0.4 is 21.1 Å². The largest absolute Gasteiger partial charge is 0.442 e. The van der Waals surface area contributed by atoms with E-state index in [2.05, 4.69) is 33.2 Å².